The fourth-order valence-corrected chi connectivity index (χ4v) is 7.42. The molecular formula is C21H27NO4S2. The predicted molar refractivity (Wildman–Crippen MR) is 112 cm³/mol. The molecule has 0 heterocycles. The Morgan fingerprint density at radius 3 is 1.82 bits per heavy atom. The van der Waals surface area contributed by atoms with Crippen LogP contribution in [-0.2, 0) is 19.9 Å². The molecule has 0 radical (unpaired) electrons. The molecule has 2 aromatic rings. The number of sulfonamides is 1. The first-order chi connectivity index (χ1) is 13.0. The molecule has 0 unspecified atom stereocenters. The van der Waals surface area contributed by atoms with Gasteiger partial charge in [-0.25, -0.2) is 16.8 Å². The molecule has 1 fully saturated rings. The monoisotopic (exact) mass is 421 g/mol. The molecule has 0 atom stereocenters. The summed E-state index contributed by atoms with van der Waals surface area (Å²) in [6.07, 6.45) is 3.27. The van der Waals surface area contributed by atoms with Gasteiger partial charge in [0.05, 0.1) is 15.0 Å². The highest BCUT2D eigenvalue weighted by Gasteiger charge is 2.30. The summed E-state index contributed by atoms with van der Waals surface area (Å²) in [4.78, 5) is 0.536. The summed E-state index contributed by atoms with van der Waals surface area (Å²) in [5, 5.41) is -0.324. The first-order valence-corrected chi connectivity index (χ1v) is 12.5. The Hall–Kier alpha value is -1.86. The summed E-state index contributed by atoms with van der Waals surface area (Å²) in [7, 11) is -7.14. The van der Waals surface area contributed by atoms with Crippen molar-refractivity contribution in [3.05, 3.63) is 52.6 Å². The van der Waals surface area contributed by atoms with E-state index in [0.717, 1.165) is 35.1 Å². The molecule has 28 heavy (non-hydrogen) atoms. The zero-order valence-corrected chi connectivity index (χ0v) is 18.4. The van der Waals surface area contributed by atoms with Crippen molar-refractivity contribution in [3.63, 3.8) is 0 Å². The number of nitrogens with one attached hydrogen (secondary N) is 1. The van der Waals surface area contributed by atoms with E-state index in [4.69, 9.17) is 0 Å². The van der Waals surface area contributed by atoms with Crippen molar-refractivity contribution in [2.24, 2.45) is 0 Å². The number of aryl methyl sites for hydroxylation is 2. The molecular weight excluding hydrogens is 394 g/mol. The van der Waals surface area contributed by atoms with Crippen molar-refractivity contribution in [2.75, 3.05) is 4.72 Å². The van der Waals surface area contributed by atoms with Gasteiger partial charge < -0.3 is 0 Å². The summed E-state index contributed by atoms with van der Waals surface area (Å²) >= 11 is 0. The molecule has 1 saturated carbocycles. The summed E-state index contributed by atoms with van der Waals surface area (Å²) in [5.41, 5.74) is 3.62. The smallest absolute Gasteiger partial charge is 0.262 e. The SMILES string of the molecule is Cc1cc(C)c(C)c(S(=O)(=O)Nc2ccc(S(=O)(=O)C3CCCC3)cc2)c1C. The summed E-state index contributed by atoms with van der Waals surface area (Å²) < 4.78 is 54.0. The largest absolute Gasteiger partial charge is 0.280 e. The molecule has 152 valence electrons. The first-order valence-electron chi connectivity index (χ1n) is 9.48. The highest BCUT2D eigenvalue weighted by molar-refractivity contribution is 7.93. The lowest BCUT2D eigenvalue weighted by Gasteiger charge is -2.17. The molecule has 1 N–H and O–H groups in total. The maximum Gasteiger partial charge on any atom is 0.262 e. The van der Waals surface area contributed by atoms with Crippen LogP contribution in [-0.4, -0.2) is 22.1 Å². The van der Waals surface area contributed by atoms with E-state index < -0.39 is 19.9 Å². The normalized spacial score (nSPS) is 15.7. The molecule has 0 spiro atoms. The Kier molecular flexibility index (Phi) is 5.60. The maximum atomic E-state index is 13.0. The maximum absolute atomic E-state index is 13.0. The van der Waals surface area contributed by atoms with E-state index in [9.17, 15) is 16.8 Å². The van der Waals surface area contributed by atoms with Gasteiger partial charge in [0.25, 0.3) is 10.0 Å². The van der Waals surface area contributed by atoms with Crippen molar-refractivity contribution in [1.29, 1.82) is 0 Å². The van der Waals surface area contributed by atoms with Crippen molar-refractivity contribution >= 4 is 25.5 Å². The first kappa shape index (κ1) is 20.9. The molecule has 2 aromatic carbocycles. The van der Waals surface area contributed by atoms with Crippen LogP contribution < -0.4 is 4.72 Å². The minimum Gasteiger partial charge on any atom is -0.280 e. The van der Waals surface area contributed by atoms with E-state index >= 15 is 0 Å². The Balaban J connectivity index is 1.90. The van der Waals surface area contributed by atoms with Gasteiger partial charge in [-0.15, -0.1) is 0 Å². The molecule has 0 amide bonds. The molecule has 1 aliphatic rings. The lowest BCUT2D eigenvalue weighted by Crippen LogP contribution is -2.18. The van der Waals surface area contributed by atoms with Crippen molar-refractivity contribution in [2.45, 2.75) is 68.4 Å². The van der Waals surface area contributed by atoms with Crippen molar-refractivity contribution < 1.29 is 16.8 Å². The van der Waals surface area contributed by atoms with Gasteiger partial charge >= 0.3 is 0 Å². The summed E-state index contributed by atoms with van der Waals surface area (Å²) in [6.45, 7) is 7.38. The number of hydrogen-bond donors (Lipinski definition) is 1. The molecule has 0 bridgehead atoms. The van der Waals surface area contributed by atoms with E-state index in [1.54, 1.807) is 13.8 Å². The van der Waals surface area contributed by atoms with Crippen LogP contribution in [0.15, 0.2) is 40.1 Å². The van der Waals surface area contributed by atoms with E-state index in [2.05, 4.69) is 4.72 Å². The van der Waals surface area contributed by atoms with Crippen LogP contribution in [0.4, 0.5) is 5.69 Å². The lowest BCUT2D eigenvalue weighted by molar-refractivity contribution is 0.579. The molecule has 5 nitrogen and oxygen atoms in total. The zero-order chi connectivity index (χ0) is 20.7. The number of sulfone groups is 1. The van der Waals surface area contributed by atoms with Crippen LogP contribution in [0.2, 0.25) is 0 Å². The molecule has 0 aliphatic heterocycles. The molecule has 0 saturated heterocycles. The Morgan fingerprint density at radius 1 is 0.821 bits per heavy atom. The second-order valence-corrected chi connectivity index (χ2v) is 11.5. The summed E-state index contributed by atoms with van der Waals surface area (Å²) in [6, 6.07) is 8.01. The minimum absolute atomic E-state index is 0.251. The Morgan fingerprint density at radius 2 is 1.32 bits per heavy atom. The second-order valence-electron chi connectivity index (χ2n) is 7.67. The van der Waals surface area contributed by atoms with Gasteiger partial charge in [0.1, 0.15) is 0 Å². The number of benzene rings is 2. The van der Waals surface area contributed by atoms with Gasteiger partial charge in [-0.3, -0.25) is 4.72 Å². The van der Waals surface area contributed by atoms with Gasteiger partial charge in [0.2, 0.25) is 0 Å². The molecule has 7 heteroatoms. The van der Waals surface area contributed by atoms with Crippen LogP contribution in [0.5, 0.6) is 0 Å². The predicted octanol–water partition coefficient (Wildman–Crippen LogP) is 4.44. The van der Waals surface area contributed by atoms with Gasteiger partial charge in [-0.1, -0.05) is 18.9 Å². The lowest BCUT2D eigenvalue weighted by atomic mass is 10.0. The third-order valence-corrected chi connectivity index (χ3v) is 9.67. The zero-order valence-electron chi connectivity index (χ0n) is 16.7. The van der Waals surface area contributed by atoms with Crippen LogP contribution in [0.1, 0.15) is 47.9 Å². The molecule has 1 aliphatic carbocycles. The van der Waals surface area contributed by atoms with E-state index in [1.807, 2.05) is 19.9 Å². The van der Waals surface area contributed by atoms with Gasteiger partial charge in [-0.2, -0.15) is 0 Å². The van der Waals surface area contributed by atoms with E-state index in [-0.39, 0.29) is 15.0 Å². The molecule has 3 rings (SSSR count). The standard InChI is InChI=1S/C21H27NO4S2/c1-14-13-15(2)17(4)21(16(14)3)28(25,26)22-18-9-11-20(12-10-18)27(23,24)19-7-5-6-8-19/h9-13,19,22H,5-8H2,1-4H3. The third kappa shape index (κ3) is 3.82. The topological polar surface area (TPSA) is 80.3 Å². The third-order valence-electron chi connectivity index (χ3n) is 5.74. The highest BCUT2D eigenvalue weighted by Crippen LogP contribution is 2.31. The fourth-order valence-electron chi connectivity index (χ4n) is 3.89. The minimum atomic E-state index is -3.78. The summed E-state index contributed by atoms with van der Waals surface area (Å²) in [5.74, 6) is 0. The van der Waals surface area contributed by atoms with E-state index in [0.29, 0.717) is 18.5 Å². The van der Waals surface area contributed by atoms with Crippen LogP contribution >= 0.6 is 0 Å². The van der Waals surface area contributed by atoms with Crippen LogP contribution in [0.25, 0.3) is 0 Å². The average Bonchev–Trinajstić information content (AvgIpc) is 3.15. The average molecular weight is 422 g/mol. The Labute approximate surface area is 168 Å². The van der Waals surface area contributed by atoms with E-state index in [1.165, 1.54) is 24.3 Å². The van der Waals surface area contributed by atoms with Gasteiger partial charge in [0, 0.05) is 5.69 Å². The molecule has 0 aromatic heterocycles. The Bertz CT molecular complexity index is 1070. The van der Waals surface area contributed by atoms with Gasteiger partial charge in [0.15, 0.2) is 9.84 Å². The van der Waals surface area contributed by atoms with Crippen molar-refractivity contribution in [1.82, 2.24) is 0 Å². The van der Waals surface area contributed by atoms with Gasteiger partial charge in [-0.05, 0) is 87.1 Å². The fraction of sp³-hybridized carbons (Fsp3) is 0.429. The highest BCUT2D eigenvalue weighted by atomic mass is 32.2. The quantitative estimate of drug-likeness (QED) is 0.774. The van der Waals surface area contributed by atoms with Crippen molar-refractivity contribution in [3.8, 4) is 0 Å². The van der Waals surface area contributed by atoms with Crippen LogP contribution in [0, 0.1) is 27.7 Å². The number of rotatable bonds is 5. The number of hydrogen-bond acceptors (Lipinski definition) is 4. The van der Waals surface area contributed by atoms with Crippen LogP contribution in [0.3, 0.4) is 0 Å². The number of anilines is 1. The second kappa shape index (κ2) is 7.52.